The molecule has 9 heteroatoms. The molecule has 262 valence electrons. The first kappa shape index (κ1) is 36.1. The highest BCUT2D eigenvalue weighted by atomic mass is 79.9. The van der Waals surface area contributed by atoms with Crippen molar-refractivity contribution in [1.82, 2.24) is 5.32 Å². The topological polar surface area (TPSA) is 105 Å². The molecule has 2 fully saturated rings. The van der Waals surface area contributed by atoms with Gasteiger partial charge in [-0.05, 0) is 159 Å². The SMILES string of the molecule is Cc1c(COc2ccc(CCC3(C(=O)O)CCC3)cc2Br)cccc1-c1cccc(COc2ccc(CNC3(C(=O)O)CCC3)cc2Br)c1C. The van der Waals surface area contributed by atoms with Crippen molar-refractivity contribution in [3.05, 3.63) is 115 Å². The van der Waals surface area contributed by atoms with Gasteiger partial charge in [-0.15, -0.1) is 0 Å². The van der Waals surface area contributed by atoms with E-state index in [0.717, 1.165) is 97.1 Å². The van der Waals surface area contributed by atoms with Crippen LogP contribution < -0.4 is 14.8 Å². The summed E-state index contributed by atoms with van der Waals surface area (Å²) in [7, 11) is 0. The Morgan fingerprint density at radius 1 is 0.720 bits per heavy atom. The summed E-state index contributed by atoms with van der Waals surface area (Å²) in [4.78, 5) is 23.5. The summed E-state index contributed by atoms with van der Waals surface area (Å²) in [6.45, 7) is 5.56. The van der Waals surface area contributed by atoms with Gasteiger partial charge in [-0.25, -0.2) is 0 Å². The Bertz CT molecular complexity index is 1760. The molecule has 3 N–H and O–H groups in total. The minimum Gasteiger partial charge on any atom is -0.488 e. The van der Waals surface area contributed by atoms with Crippen molar-refractivity contribution in [2.45, 2.75) is 90.5 Å². The van der Waals surface area contributed by atoms with Gasteiger partial charge < -0.3 is 19.7 Å². The molecular formula is C41H43Br2NO6. The van der Waals surface area contributed by atoms with Crippen LogP contribution in [-0.2, 0) is 35.8 Å². The molecule has 0 radical (unpaired) electrons. The van der Waals surface area contributed by atoms with Crippen LogP contribution in [-0.4, -0.2) is 27.7 Å². The number of carbonyl (C=O) groups is 2. The first-order valence-corrected chi connectivity index (χ1v) is 18.8. The molecule has 50 heavy (non-hydrogen) atoms. The van der Waals surface area contributed by atoms with Crippen LogP contribution >= 0.6 is 31.9 Å². The average molecular weight is 806 g/mol. The van der Waals surface area contributed by atoms with E-state index < -0.39 is 22.9 Å². The second kappa shape index (κ2) is 15.3. The monoisotopic (exact) mass is 803 g/mol. The van der Waals surface area contributed by atoms with Crippen LogP contribution in [0.5, 0.6) is 11.5 Å². The van der Waals surface area contributed by atoms with E-state index in [4.69, 9.17) is 9.47 Å². The standard InChI is InChI=1S/C41H43Br2NO6/c1-26-30(24-49-36-13-11-28(21-34(36)42)15-20-40(38(45)46)16-5-17-40)7-3-9-32(26)33-10-4-8-31(27(33)2)25-50-37-14-12-29(22-35(37)43)23-44-41(39(47)48)18-6-19-41/h3-4,7-14,21-22,44H,5-6,15-20,23-25H2,1-2H3,(H,45,46)(H,47,48). The van der Waals surface area contributed by atoms with Crippen LogP contribution in [0.2, 0.25) is 0 Å². The van der Waals surface area contributed by atoms with Crippen LogP contribution in [0.4, 0.5) is 0 Å². The highest BCUT2D eigenvalue weighted by Crippen LogP contribution is 2.45. The number of benzene rings is 4. The zero-order valence-electron chi connectivity index (χ0n) is 28.5. The molecule has 7 nitrogen and oxygen atoms in total. The fourth-order valence-electron chi connectivity index (χ4n) is 6.99. The Labute approximate surface area is 310 Å². The predicted octanol–water partition coefficient (Wildman–Crippen LogP) is 9.94. The summed E-state index contributed by atoms with van der Waals surface area (Å²) < 4.78 is 14.2. The Balaban J connectivity index is 1.08. The quantitative estimate of drug-likeness (QED) is 0.110. The van der Waals surface area contributed by atoms with Crippen LogP contribution in [0.15, 0.2) is 81.7 Å². The molecule has 0 amide bonds. The van der Waals surface area contributed by atoms with E-state index in [1.807, 2.05) is 36.4 Å². The third-order valence-electron chi connectivity index (χ3n) is 10.8. The molecule has 2 aliphatic rings. The molecule has 0 heterocycles. The maximum atomic E-state index is 11.8. The van der Waals surface area contributed by atoms with E-state index >= 15 is 0 Å². The molecule has 2 saturated carbocycles. The van der Waals surface area contributed by atoms with Crippen LogP contribution in [0.25, 0.3) is 11.1 Å². The van der Waals surface area contributed by atoms with E-state index in [0.29, 0.717) is 39.0 Å². The summed E-state index contributed by atoms with van der Waals surface area (Å²) in [5.41, 5.74) is 7.51. The summed E-state index contributed by atoms with van der Waals surface area (Å²) in [5, 5.41) is 22.5. The van der Waals surface area contributed by atoms with Crippen molar-refractivity contribution in [2.75, 3.05) is 0 Å². The molecule has 0 atom stereocenters. The molecule has 0 bridgehead atoms. The maximum absolute atomic E-state index is 11.8. The van der Waals surface area contributed by atoms with Crippen LogP contribution in [0.1, 0.15) is 78.3 Å². The molecule has 4 aromatic rings. The molecule has 6 rings (SSSR count). The van der Waals surface area contributed by atoms with Gasteiger partial charge in [0.2, 0.25) is 0 Å². The Kier molecular flexibility index (Phi) is 11.1. The normalized spacial score (nSPS) is 15.8. The van der Waals surface area contributed by atoms with Gasteiger partial charge in [0.25, 0.3) is 0 Å². The number of hydrogen-bond acceptors (Lipinski definition) is 5. The van der Waals surface area contributed by atoms with E-state index in [1.165, 1.54) is 0 Å². The van der Waals surface area contributed by atoms with Gasteiger partial charge in [-0.2, -0.15) is 0 Å². The maximum Gasteiger partial charge on any atom is 0.323 e. The van der Waals surface area contributed by atoms with Gasteiger partial charge in [-0.3, -0.25) is 14.9 Å². The molecular weight excluding hydrogens is 762 g/mol. The Hall–Kier alpha value is -3.66. The summed E-state index contributed by atoms with van der Waals surface area (Å²) >= 11 is 7.32. The summed E-state index contributed by atoms with van der Waals surface area (Å²) in [6, 6.07) is 24.5. The van der Waals surface area contributed by atoms with Crippen molar-refractivity contribution >= 4 is 43.8 Å². The fourth-order valence-corrected chi connectivity index (χ4v) is 8.07. The zero-order valence-corrected chi connectivity index (χ0v) is 31.7. The molecule has 2 aliphatic carbocycles. The van der Waals surface area contributed by atoms with E-state index in [9.17, 15) is 19.8 Å². The number of rotatable bonds is 15. The number of carboxylic acids is 2. The highest BCUT2D eigenvalue weighted by molar-refractivity contribution is 9.10. The second-order valence-corrected chi connectivity index (χ2v) is 15.5. The van der Waals surface area contributed by atoms with Gasteiger partial charge in [0.1, 0.15) is 30.3 Å². The minimum absolute atomic E-state index is 0.404. The second-order valence-electron chi connectivity index (χ2n) is 13.8. The number of hydrogen-bond donors (Lipinski definition) is 3. The Morgan fingerprint density at radius 2 is 1.24 bits per heavy atom. The third kappa shape index (κ3) is 7.65. The van der Waals surface area contributed by atoms with E-state index in [-0.39, 0.29) is 0 Å². The lowest BCUT2D eigenvalue weighted by molar-refractivity contribution is -0.155. The summed E-state index contributed by atoms with van der Waals surface area (Å²) in [6.07, 6.45) is 6.18. The van der Waals surface area contributed by atoms with Gasteiger partial charge >= 0.3 is 11.9 Å². The lowest BCUT2D eigenvalue weighted by Gasteiger charge is -2.38. The Morgan fingerprint density at radius 3 is 1.68 bits per heavy atom. The van der Waals surface area contributed by atoms with E-state index in [2.05, 4.69) is 87.4 Å². The van der Waals surface area contributed by atoms with Crippen molar-refractivity contribution in [3.8, 4) is 22.6 Å². The fraction of sp³-hybridized carbons (Fsp3) is 0.366. The average Bonchev–Trinajstić information content (AvgIpc) is 3.04. The first-order chi connectivity index (χ1) is 24.0. The molecule has 0 aromatic heterocycles. The lowest BCUT2D eigenvalue weighted by atomic mass is 9.66. The molecule has 0 aliphatic heterocycles. The smallest absolute Gasteiger partial charge is 0.323 e. The van der Waals surface area contributed by atoms with Gasteiger partial charge in [-0.1, -0.05) is 55.0 Å². The molecule has 0 unspecified atom stereocenters. The van der Waals surface area contributed by atoms with Crippen LogP contribution in [0, 0.1) is 19.3 Å². The number of aliphatic carboxylic acids is 2. The highest BCUT2D eigenvalue weighted by Gasteiger charge is 2.44. The minimum atomic E-state index is -0.801. The van der Waals surface area contributed by atoms with Crippen LogP contribution in [0.3, 0.4) is 0 Å². The van der Waals surface area contributed by atoms with Crippen molar-refractivity contribution in [2.24, 2.45) is 5.41 Å². The molecule has 0 saturated heterocycles. The molecule has 0 spiro atoms. The number of aryl methyl sites for hydroxylation is 1. The van der Waals surface area contributed by atoms with Gasteiger partial charge in [0.15, 0.2) is 0 Å². The largest absolute Gasteiger partial charge is 0.488 e. The number of halogens is 2. The number of ether oxygens (including phenoxy) is 2. The predicted molar refractivity (Wildman–Crippen MR) is 202 cm³/mol. The lowest BCUT2D eigenvalue weighted by Crippen LogP contribution is -2.56. The molecule has 4 aromatic carbocycles. The number of nitrogens with one attached hydrogen (secondary N) is 1. The zero-order chi connectivity index (χ0) is 35.5. The van der Waals surface area contributed by atoms with Crippen molar-refractivity contribution < 1.29 is 29.3 Å². The van der Waals surface area contributed by atoms with Crippen molar-refractivity contribution in [1.29, 1.82) is 0 Å². The van der Waals surface area contributed by atoms with E-state index in [1.54, 1.807) is 0 Å². The van der Waals surface area contributed by atoms with Crippen molar-refractivity contribution in [3.63, 3.8) is 0 Å². The van der Waals surface area contributed by atoms with Gasteiger partial charge in [0, 0.05) is 6.54 Å². The summed E-state index contributed by atoms with van der Waals surface area (Å²) in [5.74, 6) is 0.0352. The third-order valence-corrected chi connectivity index (χ3v) is 12.1. The number of carboxylic acid groups (broad SMARTS) is 2. The first-order valence-electron chi connectivity index (χ1n) is 17.2. The van der Waals surface area contributed by atoms with Gasteiger partial charge in [0.05, 0.1) is 14.4 Å².